The topological polar surface area (TPSA) is 122 Å². The van der Waals surface area contributed by atoms with E-state index in [4.69, 9.17) is 4.74 Å². The molecule has 0 aliphatic heterocycles. The number of ether oxygens (including phenoxy) is 1. The molecule has 2 atom stereocenters. The normalized spacial score (nSPS) is 12.3. The van der Waals surface area contributed by atoms with Crippen molar-refractivity contribution in [3.05, 3.63) is 60.2 Å². The standard InChI is InChI=1S/C24H27N5O4S/c1-4-15(3)19(20(30)27-24-29-28-21(34-24)16-9-7-6-8-10-16)26-23(32)25-18-13-11-17(12-14-18)22(31)33-5-2/h6-15,19H,4-5H2,1-3H3,(H2,25,26,32)(H,27,29,30)/t15-,19-/m0/s1. The lowest BCUT2D eigenvalue weighted by atomic mass is 9.98. The molecule has 0 spiro atoms. The van der Waals surface area contributed by atoms with Crippen molar-refractivity contribution in [3.8, 4) is 10.6 Å². The van der Waals surface area contributed by atoms with Gasteiger partial charge >= 0.3 is 12.0 Å². The number of urea groups is 1. The van der Waals surface area contributed by atoms with Gasteiger partial charge in [-0.15, -0.1) is 10.2 Å². The summed E-state index contributed by atoms with van der Waals surface area (Å²) in [5.74, 6) is -0.935. The van der Waals surface area contributed by atoms with E-state index >= 15 is 0 Å². The maximum atomic E-state index is 13.0. The molecule has 0 fully saturated rings. The summed E-state index contributed by atoms with van der Waals surface area (Å²) in [4.78, 5) is 37.3. The molecule has 0 saturated heterocycles. The number of carbonyl (C=O) groups excluding carboxylic acids is 3. The molecule has 0 aliphatic carbocycles. The first-order valence-corrected chi connectivity index (χ1v) is 11.8. The number of anilines is 2. The van der Waals surface area contributed by atoms with Crippen LogP contribution in [0.5, 0.6) is 0 Å². The zero-order valence-corrected chi connectivity index (χ0v) is 20.0. The van der Waals surface area contributed by atoms with Crippen molar-refractivity contribution >= 4 is 40.1 Å². The third-order valence-corrected chi connectivity index (χ3v) is 6.00. The lowest BCUT2D eigenvalue weighted by Crippen LogP contribution is -2.49. The van der Waals surface area contributed by atoms with Crippen LogP contribution in [0.2, 0.25) is 0 Å². The van der Waals surface area contributed by atoms with Gasteiger partial charge in [-0.05, 0) is 37.1 Å². The molecule has 2 aromatic carbocycles. The number of nitrogens with zero attached hydrogens (tertiary/aromatic N) is 2. The highest BCUT2D eigenvalue weighted by molar-refractivity contribution is 7.18. The Hall–Kier alpha value is -3.79. The van der Waals surface area contributed by atoms with E-state index in [0.717, 1.165) is 5.56 Å². The van der Waals surface area contributed by atoms with Crippen LogP contribution in [0.25, 0.3) is 10.6 Å². The maximum absolute atomic E-state index is 13.0. The van der Waals surface area contributed by atoms with E-state index in [9.17, 15) is 14.4 Å². The van der Waals surface area contributed by atoms with Gasteiger partial charge < -0.3 is 15.4 Å². The second kappa shape index (κ2) is 11.9. The van der Waals surface area contributed by atoms with Crippen molar-refractivity contribution in [2.45, 2.75) is 33.2 Å². The summed E-state index contributed by atoms with van der Waals surface area (Å²) in [7, 11) is 0. The van der Waals surface area contributed by atoms with Gasteiger partial charge in [-0.3, -0.25) is 10.1 Å². The fraction of sp³-hybridized carbons (Fsp3) is 0.292. The van der Waals surface area contributed by atoms with E-state index in [1.165, 1.54) is 11.3 Å². The van der Waals surface area contributed by atoms with E-state index < -0.39 is 18.0 Å². The first kappa shape index (κ1) is 24.8. The van der Waals surface area contributed by atoms with Crippen LogP contribution in [0.4, 0.5) is 15.6 Å². The van der Waals surface area contributed by atoms with Crippen molar-refractivity contribution < 1.29 is 19.1 Å². The maximum Gasteiger partial charge on any atom is 0.338 e. The Morgan fingerprint density at radius 2 is 1.68 bits per heavy atom. The van der Waals surface area contributed by atoms with Crippen molar-refractivity contribution in [2.24, 2.45) is 5.92 Å². The predicted molar refractivity (Wildman–Crippen MR) is 132 cm³/mol. The number of nitrogens with one attached hydrogen (secondary N) is 3. The first-order valence-electron chi connectivity index (χ1n) is 11.0. The highest BCUT2D eigenvalue weighted by Gasteiger charge is 2.27. The average Bonchev–Trinajstić information content (AvgIpc) is 3.31. The molecular formula is C24H27N5O4S. The van der Waals surface area contributed by atoms with Gasteiger partial charge in [0.15, 0.2) is 0 Å². The van der Waals surface area contributed by atoms with Crippen LogP contribution >= 0.6 is 11.3 Å². The Balaban J connectivity index is 1.63. The average molecular weight is 482 g/mol. The summed E-state index contributed by atoms with van der Waals surface area (Å²) in [6, 6.07) is 14.5. The lowest BCUT2D eigenvalue weighted by molar-refractivity contribution is -0.119. The number of hydrogen-bond donors (Lipinski definition) is 3. The predicted octanol–water partition coefficient (Wildman–Crippen LogP) is 4.56. The summed E-state index contributed by atoms with van der Waals surface area (Å²) in [5.41, 5.74) is 1.77. The molecule has 34 heavy (non-hydrogen) atoms. The van der Waals surface area contributed by atoms with Gasteiger partial charge in [-0.25, -0.2) is 9.59 Å². The largest absolute Gasteiger partial charge is 0.462 e. The molecule has 178 valence electrons. The second-order valence-corrected chi connectivity index (χ2v) is 8.50. The quantitative estimate of drug-likeness (QED) is 0.385. The van der Waals surface area contributed by atoms with Gasteiger partial charge in [0.2, 0.25) is 11.0 Å². The van der Waals surface area contributed by atoms with Crippen molar-refractivity contribution in [1.29, 1.82) is 0 Å². The summed E-state index contributed by atoms with van der Waals surface area (Å²) in [6.07, 6.45) is 0.679. The molecule has 0 saturated carbocycles. The van der Waals surface area contributed by atoms with Crippen molar-refractivity contribution in [3.63, 3.8) is 0 Å². The third kappa shape index (κ3) is 6.61. The first-order chi connectivity index (χ1) is 16.4. The summed E-state index contributed by atoms with van der Waals surface area (Å²) in [5, 5.41) is 17.4. The van der Waals surface area contributed by atoms with Gasteiger partial charge in [-0.2, -0.15) is 0 Å². The summed E-state index contributed by atoms with van der Waals surface area (Å²) in [6.45, 7) is 5.84. The van der Waals surface area contributed by atoms with Crippen LogP contribution in [0.3, 0.4) is 0 Å². The molecule has 9 nitrogen and oxygen atoms in total. The zero-order valence-electron chi connectivity index (χ0n) is 19.2. The van der Waals surface area contributed by atoms with Gasteiger partial charge in [0.25, 0.3) is 0 Å². The SMILES string of the molecule is CCOC(=O)c1ccc(NC(=O)N[C@H](C(=O)Nc2nnc(-c3ccccc3)s2)[C@@H](C)CC)cc1. The molecule has 10 heteroatoms. The molecular weight excluding hydrogens is 454 g/mol. The van der Waals surface area contributed by atoms with Gasteiger partial charge in [0.1, 0.15) is 11.0 Å². The zero-order chi connectivity index (χ0) is 24.5. The highest BCUT2D eigenvalue weighted by atomic mass is 32.1. The Bertz CT molecular complexity index is 1120. The minimum Gasteiger partial charge on any atom is -0.462 e. The molecule has 0 radical (unpaired) electrons. The number of hydrogen-bond acceptors (Lipinski definition) is 7. The van der Waals surface area contributed by atoms with Crippen LogP contribution in [0.1, 0.15) is 37.6 Å². The highest BCUT2D eigenvalue weighted by Crippen LogP contribution is 2.26. The minimum atomic E-state index is -0.784. The molecule has 1 aromatic heterocycles. The number of carbonyl (C=O) groups is 3. The van der Waals surface area contributed by atoms with Crippen LogP contribution < -0.4 is 16.0 Å². The van der Waals surface area contributed by atoms with Gasteiger partial charge in [-0.1, -0.05) is 61.9 Å². The summed E-state index contributed by atoms with van der Waals surface area (Å²) >= 11 is 1.26. The fourth-order valence-electron chi connectivity index (χ4n) is 3.07. The van der Waals surface area contributed by atoms with E-state index in [0.29, 0.717) is 27.8 Å². The monoisotopic (exact) mass is 481 g/mol. The van der Waals surface area contributed by atoms with Crippen LogP contribution in [-0.4, -0.2) is 40.8 Å². The molecule has 0 unspecified atom stereocenters. The minimum absolute atomic E-state index is 0.126. The number of amides is 3. The van der Waals surface area contributed by atoms with Crippen LogP contribution in [0, 0.1) is 5.92 Å². The molecule has 3 aromatic rings. The number of esters is 1. The van der Waals surface area contributed by atoms with Gasteiger partial charge in [0, 0.05) is 11.3 Å². The molecule has 3 rings (SSSR count). The number of rotatable bonds is 9. The third-order valence-electron chi connectivity index (χ3n) is 5.11. The Kier molecular flexibility index (Phi) is 8.69. The fourth-order valence-corrected chi connectivity index (χ4v) is 3.82. The Labute approximate surface area is 201 Å². The molecule has 3 amide bonds. The van der Waals surface area contributed by atoms with Crippen LogP contribution in [0.15, 0.2) is 54.6 Å². The molecule has 1 heterocycles. The summed E-state index contributed by atoms with van der Waals surface area (Å²) < 4.78 is 4.95. The molecule has 0 aliphatic rings. The Morgan fingerprint density at radius 3 is 2.32 bits per heavy atom. The smallest absolute Gasteiger partial charge is 0.338 e. The molecule has 3 N–H and O–H groups in total. The van der Waals surface area contributed by atoms with E-state index in [1.807, 2.05) is 44.2 Å². The van der Waals surface area contributed by atoms with Gasteiger partial charge in [0.05, 0.1) is 12.2 Å². The number of aromatic nitrogens is 2. The second-order valence-electron chi connectivity index (χ2n) is 7.53. The van der Waals surface area contributed by atoms with E-state index in [-0.39, 0.29) is 18.4 Å². The van der Waals surface area contributed by atoms with E-state index in [2.05, 4.69) is 26.1 Å². The lowest BCUT2D eigenvalue weighted by Gasteiger charge is -2.23. The van der Waals surface area contributed by atoms with E-state index in [1.54, 1.807) is 31.2 Å². The van der Waals surface area contributed by atoms with Crippen molar-refractivity contribution in [2.75, 3.05) is 17.2 Å². The van der Waals surface area contributed by atoms with Crippen LogP contribution in [-0.2, 0) is 9.53 Å². The Morgan fingerprint density at radius 1 is 0.971 bits per heavy atom. The molecule has 0 bridgehead atoms. The number of benzene rings is 2. The van der Waals surface area contributed by atoms with Crippen molar-refractivity contribution in [1.82, 2.24) is 15.5 Å².